The van der Waals surface area contributed by atoms with Gasteiger partial charge in [0.25, 0.3) is 6.01 Å². The normalized spacial score (nSPS) is 20.3. The molecule has 0 aliphatic carbocycles. The Morgan fingerprint density at radius 2 is 2.27 bits per heavy atom. The Labute approximate surface area is 149 Å². The Morgan fingerprint density at radius 1 is 1.42 bits per heavy atom. The summed E-state index contributed by atoms with van der Waals surface area (Å²) in [5.74, 6) is 0.665. The van der Waals surface area contributed by atoms with Gasteiger partial charge in [0.1, 0.15) is 17.2 Å². The lowest BCUT2D eigenvalue weighted by Crippen LogP contribution is -2.31. The average molecular weight is 357 g/mol. The largest absolute Gasteiger partial charge is 0.424 e. The number of anilines is 1. The molecule has 26 heavy (non-hydrogen) atoms. The number of hydrogen-bond acceptors (Lipinski definition) is 5. The van der Waals surface area contributed by atoms with E-state index in [-0.39, 0.29) is 23.7 Å². The third-order valence-electron chi connectivity index (χ3n) is 4.87. The smallest absolute Gasteiger partial charge is 0.295 e. The Balaban J connectivity index is 1.55. The fourth-order valence-corrected chi connectivity index (χ4v) is 3.63. The first-order valence-electron chi connectivity index (χ1n) is 8.63. The SMILES string of the molecule is CCN1C(=O)C[C@@H](CNc2nc3cc(F)ccc3o2)[C@@H]1c1nccn1C. The summed E-state index contributed by atoms with van der Waals surface area (Å²) in [6.45, 7) is 3.11. The number of nitrogens with one attached hydrogen (secondary N) is 1. The molecule has 0 radical (unpaired) electrons. The summed E-state index contributed by atoms with van der Waals surface area (Å²) in [4.78, 5) is 23.0. The molecule has 0 spiro atoms. The summed E-state index contributed by atoms with van der Waals surface area (Å²) in [6, 6.07) is 4.45. The molecule has 1 saturated heterocycles. The summed E-state index contributed by atoms with van der Waals surface area (Å²) in [6.07, 6.45) is 4.06. The van der Waals surface area contributed by atoms with Gasteiger partial charge in [0, 0.05) is 50.9 Å². The van der Waals surface area contributed by atoms with Crippen LogP contribution >= 0.6 is 0 Å². The van der Waals surface area contributed by atoms with Gasteiger partial charge in [-0.3, -0.25) is 4.79 Å². The number of hydrogen-bond donors (Lipinski definition) is 1. The number of aromatic nitrogens is 3. The van der Waals surface area contributed by atoms with Gasteiger partial charge in [-0.15, -0.1) is 0 Å². The van der Waals surface area contributed by atoms with Gasteiger partial charge >= 0.3 is 0 Å². The second-order valence-electron chi connectivity index (χ2n) is 6.50. The molecular formula is C18H20FN5O2. The first-order chi connectivity index (χ1) is 12.6. The van der Waals surface area contributed by atoms with Gasteiger partial charge < -0.3 is 19.2 Å². The van der Waals surface area contributed by atoms with Crippen molar-refractivity contribution in [3.8, 4) is 0 Å². The molecule has 0 unspecified atom stereocenters. The molecule has 1 fully saturated rings. The van der Waals surface area contributed by atoms with Crippen LogP contribution in [0.1, 0.15) is 25.2 Å². The van der Waals surface area contributed by atoms with Gasteiger partial charge in [0.2, 0.25) is 5.91 Å². The second-order valence-corrected chi connectivity index (χ2v) is 6.50. The molecule has 1 amide bonds. The van der Waals surface area contributed by atoms with Gasteiger partial charge in [-0.1, -0.05) is 0 Å². The Bertz CT molecular complexity index is 950. The lowest BCUT2D eigenvalue weighted by molar-refractivity contribution is -0.128. The van der Waals surface area contributed by atoms with Crippen LogP contribution in [0, 0.1) is 11.7 Å². The highest BCUT2D eigenvalue weighted by Crippen LogP contribution is 2.37. The number of halogens is 1. The lowest BCUT2D eigenvalue weighted by Gasteiger charge is -2.26. The van der Waals surface area contributed by atoms with Gasteiger partial charge in [-0.25, -0.2) is 9.37 Å². The lowest BCUT2D eigenvalue weighted by atomic mass is 9.99. The highest BCUT2D eigenvalue weighted by Gasteiger charge is 2.41. The fourth-order valence-electron chi connectivity index (χ4n) is 3.63. The summed E-state index contributed by atoms with van der Waals surface area (Å²) in [5.41, 5.74) is 0.984. The average Bonchev–Trinajstić information content (AvgIpc) is 3.28. The van der Waals surface area contributed by atoms with Gasteiger partial charge in [0.05, 0.1) is 6.04 Å². The van der Waals surface area contributed by atoms with Crippen LogP contribution in [0.2, 0.25) is 0 Å². The molecule has 3 aromatic rings. The standard InChI is InChI=1S/C18H20FN5O2/c1-3-24-15(25)8-11(16(24)17-20-6-7-23(17)2)10-21-18-22-13-9-12(19)4-5-14(13)26-18/h4-7,9,11,16H,3,8,10H2,1-2H3,(H,21,22)/t11-,16+/m0/s1. The van der Waals surface area contributed by atoms with Crippen LogP contribution in [-0.4, -0.2) is 38.4 Å². The van der Waals surface area contributed by atoms with E-state index in [2.05, 4.69) is 15.3 Å². The zero-order chi connectivity index (χ0) is 18.3. The topological polar surface area (TPSA) is 76.2 Å². The minimum atomic E-state index is -0.354. The number of nitrogens with zero attached hydrogens (tertiary/aromatic N) is 4. The van der Waals surface area contributed by atoms with Gasteiger partial charge in [-0.2, -0.15) is 4.98 Å². The predicted molar refractivity (Wildman–Crippen MR) is 93.9 cm³/mol. The minimum Gasteiger partial charge on any atom is -0.424 e. The van der Waals surface area contributed by atoms with Crippen LogP contribution < -0.4 is 5.32 Å². The third-order valence-corrected chi connectivity index (χ3v) is 4.87. The van der Waals surface area contributed by atoms with Crippen LogP contribution in [0.5, 0.6) is 0 Å². The van der Waals surface area contributed by atoms with E-state index in [4.69, 9.17) is 4.42 Å². The zero-order valence-corrected chi connectivity index (χ0v) is 14.6. The number of carbonyl (C=O) groups excluding carboxylic acids is 1. The van der Waals surface area contributed by atoms with E-state index < -0.39 is 0 Å². The molecule has 1 aliphatic heterocycles. The maximum absolute atomic E-state index is 13.3. The molecule has 2 aromatic heterocycles. The molecule has 1 aliphatic rings. The molecule has 1 N–H and O–H groups in total. The number of likely N-dealkylation sites (tertiary alicyclic amines) is 1. The van der Waals surface area contributed by atoms with Gasteiger partial charge in [-0.05, 0) is 19.1 Å². The molecular weight excluding hydrogens is 337 g/mol. The van der Waals surface area contributed by atoms with Crippen molar-refractivity contribution in [2.24, 2.45) is 13.0 Å². The Morgan fingerprint density at radius 3 is 3.00 bits per heavy atom. The Kier molecular flexibility index (Phi) is 4.10. The number of oxazole rings is 1. The molecule has 136 valence electrons. The van der Waals surface area contributed by atoms with Crippen molar-refractivity contribution in [1.29, 1.82) is 0 Å². The van der Waals surface area contributed by atoms with E-state index in [0.717, 1.165) is 5.82 Å². The second kappa shape index (κ2) is 6.44. The molecule has 8 heteroatoms. The molecule has 3 heterocycles. The van der Waals surface area contributed by atoms with E-state index in [1.807, 2.05) is 29.6 Å². The monoisotopic (exact) mass is 357 g/mol. The zero-order valence-electron chi connectivity index (χ0n) is 14.6. The van der Waals surface area contributed by atoms with E-state index in [0.29, 0.717) is 36.6 Å². The summed E-state index contributed by atoms with van der Waals surface area (Å²) in [7, 11) is 1.93. The van der Waals surface area contributed by atoms with Crippen molar-refractivity contribution < 1.29 is 13.6 Å². The molecule has 7 nitrogen and oxygen atoms in total. The molecule has 1 aromatic carbocycles. The van der Waals surface area contributed by atoms with Gasteiger partial charge in [0.15, 0.2) is 5.58 Å². The number of benzene rings is 1. The summed E-state index contributed by atoms with van der Waals surface area (Å²) < 4.78 is 20.8. The number of fused-ring (bicyclic) bond motifs is 1. The number of amides is 1. The van der Waals surface area contributed by atoms with E-state index in [1.165, 1.54) is 12.1 Å². The minimum absolute atomic E-state index is 0.0373. The predicted octanol–water partition coefficient (Wildman–Crippen LogP) is 2.72. The van der Waals surface area contributed by atoms with Crippen LogP contribution in [0.15, 0.2) is 35.0 Å². The van der Waals surface area contributed by atoms with Crippen molar-refractivity contribution in [2.45, 2.75) is 19.4 Å². The number of imidazole rings is 1. The van der Waals surface area contributed by atoms with E-state index in [9.17, 15) is 9.18 Å². The maximum Gasteiger partial charge on any atom is 0.295 e. The van der Waals surface area contributed by atoms with E-state index in [1.54, 1.807) is 12.3 Å². The maximum atomic E-state index is 13.3. The van der Waals surface area contributed by atoms with Crippen LogP contribution in [0.3, 0.4) is 0 Å². The fraction of sp³-hybridized carbons (Fsp3) is 0.389. The number of rotatable bonds is 5. The quantitative estimate of drug-likeness (QED) is 0.760. The van der Waals surface area contributed by atoms with Crippen LogP contribution in [0.4, 0.5) is 10.4 Å². The highest BCUT2D eigenvalue weighted by atomic mass is 19.1. The molecule has 0 bridgehead atoms. The van der Waals surface area contributed by atoms with Crippen molar-refractivity contribution in [3.05, 3.63) is 42.2 Å². The van der Waals surface area contributed by atoms with Crippen LogP contribution in [-0.2, 0) is 11.8 Å². The first kappa shape index (κ1) is 16.6. The first-order valence-corrected chi connectivity index (χ1v) is 8.63. The highest BCUT2D eigenvalue weighted by molar-refractivity contribution is 5.79. The Hall–Kier alpha value is -2.90. The van der Waals surface area contributed by atoms with Crippen molar-refractivity contribution >= 4 is 23.0 Å². The van der Waals surface area contributed by atoms with Crippen molar-refractivity contribution in [1.82, 2.24) is 19.4 Å². The third kappa shape index (κ3) is 2.81. The summed E-state index contributed by atoms with van der Waals surface area (Å²) >= 11 is 0. The molecule has 4 rings (SSSR count). The number of aryl methyl sites for hydroxylation is 1. The van der Waals surface area contributed by atoms with E-state index >= 15 is 0 Å². The van der Waals surface area contributed by atoms with Crippen LogP contribution in [0.25, 0.3) is 11.1 Å². The molecule has 0 saturated carbocycles. The van der Waals surface area contributed by atoms with Crippen molar-refractivity contribution in [3.63, 3.8) is 0 Å². The summed E-state index contributed by atoms with van der Waals surface area (Å²) in [5, 5.41) is 3.16. The molecule has 2 atom stereocenters. The van der Waals surface area contributed by atoms with Crippen molar-refractivity contribution in [2.75, 3.05) is 18.4 Å². The number of carbonyl (C=O) groups is 1.